The molecule has 0 bridgehead atoms. The fourth-order valence-electron chi connectivity index (χ4n) is 3.49. The van der Waals surface area contributed by atoms with Crippen LogP contribution < -0.4 is 0 Å². The first-order valence-electron chi connectivity index (χ1n) is 8.12. The van der Waals surface area contributed by atoms with Crippen LogP contribution in [0.3, 0.4) is 0 Å². The van der Waals surface area contributed by atoms with Crippen LogP contribution in [-0.2, 0) is 4.79 Å². The maximum Gasteiger partial charge on any atom is 0.310 e. The van der Waals surface area contributed by atoms with Crippen LogP contribution in [0.2, 0.25) is 0 Å². The number of carboxylic acids is 1. The van der Waals surface area contributed by atoms with Crippen molar-refractivity contribution in [2.24, 2.45) is 11.3 Å². The summed E-state index contributed by atoms with van der Waals surface area (Å²) in [4.78, 5) is 14.3. The Balaban J connectivity index is 2.01. The van der Waals surface area contributed by atoms with Crippen molar-refractivity contribution in [1.82, 2.24) is 4.90 Å². The number of carboxylic acid groups (broad SMARTS) is 1. The maximum absolute atomic E-state index is 11.8. The second-order valence-corrected chi connectivity index (χ2v) is 6.68. The molecule has 2 saturated carbocycles. The molecule has 2 aliphatic rings. The lowest BCUT2D eigenvalue weighted by Crippen LogP contribution is -2.44. The molecule has 2 aliphatic carbocycles. The topological polar surface area (TPSA) is 40.5 Å². The van der Waals surface area contributed by atoms with E-state index in [-0.39, 0.29) is 0 Å². The van der Waals surface area contributed by atoms with E-state index in [1.165, 1.54) is 25.7 Å². The van der Waals surface area contributed by atoms with Gasteiger partial charge in [-0.3, -0.25) is 4.79 Å². The van der Waals surface area contributed by atoms with Gasteiger partial charge >= 0.3 is 5.97 Å². The van der Waals surface area contributed by atoms with Gasteiger partial charge in [0, 0.05) is 13.1 Å². The SMILES string of the molecule is CCCN(CC1CC1)CC1(C(=O)O)CCCCCC1. The molecule has 0 atom stereocenters. The first-order valence-corrected chi connectivity index (χ1v) is 8.12. The van der Waals surface area contributed by atoms with Crippen LogP contribution in [0.25, 0.3) is 0 Å². The molecular weight excluding hydrogens is 238 g/mol. The van der Waals surface area contributed by atoms with Crippen molar-refractivity contribution in [3.63, 3.8) is 0 Å². The molecule has 2 fully saturated rings. The lowest BCUT2D eigenvalue weighted by molar-refractivity contribution is -0.151. The van der Waals surface area contributed by atoms with E-state index in [9.17, 15) is 9.90 Å². The van der Waals surface area contributed by atoms with Gasteiger partial charge in [0.25, 0.3) is 0 Å². The van der Waals surface area contributed by atoms with Gasteiger partial charge in [-0.1, -0.05) is 32.6 Å². The van der Waals surface area contributed by atoms with Gasteiger partial charge in [-0.25, -0.2) is 0 Å². The van der Waals surface area contributed by atoms with Crippen molar-refractivity contribution in [1.29, 1.82) is 0 Å². The van der Waals surface area contributed by atoms with Crippen LogP contribution in [-0.4, -0.2) is 35.6 Å². The second-order valence-electron chi connectivity index (χ2n) is 6.68. The van der Waals surface area contributed by atoms with Gasteiger partial charge in [0.1, 0.15) is 0 Å². The van der Waals surface area contributed by atoms with Crippen molar-refractivity contribution in [2.45, 2.75) is 64.7 Å². The third kappa shape index (κ3) is 4.20. The van der Waals surface area contributed by atoms with Crippen LogP contribution in [0.15, 0.2) is 0 Å². The predicted octanol–water partition coefficient (Wildman–Crippen LogP) is 3.53. The molecular formula is C16H29NO2. The molecule has 0 unspecified atom stereocenters. The molecule has 19 heavy (non-hydrogen) atoms. The summed E-state index contributed by atoms with van der Waals surface area (Å²) in [5.74, 6) is 0.300. The molecule has 110 valence electrons. The summed E-state index contributed by atoms with van der Waals surface area (Å²) >= 11 is 0. The van der Waals surface area contributed by atoms with Gasteiger partial charge in [-0.15, -0.1) is 0 Å². The molecule has 0 spiro atoms. The quantitative estimate of drug-likeness (QED) is 0.717. The summed E-state index contributed by atoms with van der Waals surface area (Å²) in [5, 5.41) is 9.75. The summed E-state index contributed by atoms with van der Waals surface area (Å²) < 4.78 is 0. The molecule has 3 heteroatoms. The average molecular weight is 267 g/mol. The van der Waals surface area contributed by atoms with Crippen molar-refractivity contribution in [3.05, 3.63) is 0 Å². The minimum Gasteiger partial charge on any atom is -0.481 e. The first-order chi connectivity index (χ1) is 9.16. The van der Waals surface area contributed by atoms with Crippen molar-refractivity contribution in [2.75, 3.05) is 19.6 Å². The number of nitrogens with zero attached hydrogens (tertiary/aromatic N) is 1. The Morgan fingerprint density at radius 2 is 1.84 bits per heavy atom. The minimum atomic E-state index is -0.550. The van der Waals surface area contributed by atoms with E-state index in [1.54, 1.807) is 0 Å². The van der Waals surface area contributed by atoms with Crippen LogP contribution in [0.1, 0.15) is 64.7 Å². The van der Waals surface area contributed by atoms with E-state index in [0.717, 1.165) is 57.7 Å². The Kier molecular flexibility index (Phi) is 5.26. The van der Waals surface area contributed by atoms with Crippen LogP contribution in [0.4, 0.5) is 0 Å². The van der Waals surface area contributed by atoms with Gasteiger partial charge in [-0.05, 0) is 44.6 Å². The van der Waals surface area contributed by atoms with E-state index in [4.69, 9.17) is 0 Å². The summed E-state index contributed by atoms with van der Waals surface area (Å²) in [6.45, 7) is 5.17. The van der Waals surface area contributed by atoms with Crippen LogP contribution >= 0.6 is 0 Å². The number of aliphatic carboxylic acids is 1. The molecule has 0 aromatic heterocycles. The highest BCUT2D eigenvalue weighted by molar-refractivity contribution is 5.75. The van der Waals surface area contributed by atoms with E-state index < -0.39 is 11.4 Å². The molecule has 3 nitrogen and oxygen atoms in total. The molecule has 0 saturated heterocycles. The number of hydrogen-bond donors (Lipinski definition) is 1. The van der Waals surface area contributed by atoms with Gasteiger partial charge < -0.3 is 10.0 Å². The molecule has 0 aromatic rings. The molecule has 2 rings (SSSR count). The molecule has 0 heterocycles. The minimum absolute atomic E-state index is 0.458. The van der Waals surface area contributed by atoms with Crippen molar-refractivity contribution < 1.29 is 9.90 Å². The summed E-state index contributed by atoms with van der Waals surface area (Å²) in [6.07, 6.45) is 10.2. The Bertz CT molecular complexity index is 291. The van der Waals surface area contributed by atoms with Crippen molar-refractivity contribution >= 4 is 5.97 Å². The zero-order chi connectivity index (χ0) is 13.7. The van der Waals surface area contributed by atoms with E-state index in [0.29, 0.717) is 0 Å². The fraction of sp³-hybridized carbons (Fsp3) is 0.938. The van der Waals surface area contributed by atoms with Gasteiger partial charge in [0.05, 0.1) is 5.41 Å². The van der Waals surface area contributed by atoms with Crippen LogP contribution in [0.5, 0.6) is 0 Å². The predicted molar refractivity (Wildman–Crippen MR) is 77.2 cm³/mol. The average Bonchev–Trinajstić information content (AvgIpc) is 3.17. The Labute approximate surface area is 117 Å². The second kappa shape index (κ2) is 6.74. The first kappa shape index (κ1) is 14.8. The summed E-state index contributed by atoms with van der Waals surface area (Å²) in [6, 6.07) is 0. The van der Waals surface area contributed by atoms with E-state index in [2.05, 4.69) is 11.8 Å². The van der Waals surface area contributed by atoms with Crippen molar-refractivity contribution in [3.8, 4) is 0 Å². The van der Waals surface area contributed by atoms with Gasteiger partial charge in [0.2, 0.25) is 0 Å². The Morgan fingerprint density at radius 1 is 1.21 bits per heavy atom. The van der Waals surface area contributed by atoms with E-state index in [1.807, 2.05) is 0 Å². The number of carbonyl (C=O) groups is 1. The molecule has 1 N–H and O–H groups in total. The monoisotopic (exact) mass is 267 g/mol. The molecule has 0 aromatic carbocycles. The normalized spacial score (nSPS) is 23.3. The Hall–Kier alpha value is -0.570. The maximum atomic E-state index is 11.8. The summed E-state index contributed by atoms with van der Waals surface area (Å²) in [7, 11) is 0. The lowest BCUT2D eigenvalue weighted by Gasteiger charge is -2.34. The highest BCUT2D eigenvalue weighted by Crippen LogP contribution is 2.37. The van der Waals surface area contributed by atoms with Gasteiger partial charge in [-0.2, -0.15) is 0 Å². The molecule has 0 aliphatic heterocycles. The lowest BCUT2D eigenvalue weighted by atomic mass is 9.79. The standard InChI is InChI=1S/C16H29NO2/c1-2-11-17(12-14-7-8-14)13-16(15(18)19)9-5-3-4-6-10-16/h14H,2-13H2,1H3,(H,18,19). The highest BCUT2D eigenvalue weighted by Gasteiger charge is 2.40. The Morgan fingerprint density at radius 3 is 2.32 bits per heavy atom. The van der Waals surface area contributed by atoms with Gasteiger partial charge in [0.15, 0.2) is 0 Å². The smallest absolute Gasteiger partial charge is 0.310 e. The fourth-order valence-corrected chi connectivity index (χ4v) is 3.49. The third-order valence-electron chi connectivity index (χ3n) is 4.79. The zero-order valence-electron chi connectivity index (χ0n) is 12.4. The number of rotatable bonds is 7. The highest BCUT2D eigenvalue weighted by atomic mass is 16.4. The zero-order valence-corrected chi connectivity index (χ0v) is 12.4. The molecule has 0 radical (unpaired) electrons. The van der Waals surface area contributed by atoms with Crippen LogP contribution in [0, 0.1) is 11.3 Å². The summed E-state index contributed by atoms with van der Waals surface area (Å²) in [5.41, 5.74) is -0.458. The third-order valence-corrected chi connectivity index (χ3v) is 4.79. The van der Waals surface area contributed by atoms with E-state index >= 15 is 0 Å². The molecule has 0 amide bonds. The number of hydrogen-bond acceptors (Lipinski definition) is 2. The largest absolute Gasteiger partial charge is 0.481 e.